The Hall–Kier alpha value is -1.14. The Balaban J connectivity index is 1.40. The molecule has 0 aromatic rings. The predicted octanol–water partition coefficient (Wildman–Crippen LogP) is 1.47. The van der Waals surface area contributed by atoms with Crippen LogP contribution < -0.4 is 0 Å². The molecule has 1 N–H and O–H groups in total. The maximum atomic E-state index is 12.9. The van der Waals surface area contributed by atoms with Gasteiger partial charge in [-0.1, -0.05) is 12.8 Å². The number of carbonyl (C=O) groups excluding carboxylic acids is 2. The molecule has 4 rings (SSSR count). The molecular formula is C21H35N3O3. The van der Waals surface area contributed by atoms with E-state index in [1.807, 2.05) is 9.80 Å². The van der Waals surface area contributed by atoms with E-state index in [1.165, 1.54) is 12.8 Å². The van der Waals surface area contributed by atoms with Crippen molar-refractivity contribution >= 4 is 11.8 Å². The van der Waals surface area contributed by atoms with Crippen LogP contribution in [0.4, 0.5) is 0 Å². The van der Waals surface area contributed by atoms with Crippen molar-refractivity contribution in [3.63, 3.8) is 0 Å². The molecule has 6 nitrogen and oxygen atoms in total. The van der Waals surface area contributed by atoms with Crippen molar-refractivity contribution in [3.05, 3.63) is 0 Å². The Morgan fingerprint density at radius 1 is 0.852 bits per heavy atom. The third-order valence-corrected chi connectivity index (χ3v) is 7.41. The number of nitrogens with zero attached hydrogens (tertiary/aromatic N) is 3. The number of piperidine rings is 2. The second-order valence-electron chi connectivity index (χ2n) is 9.31. The summed E-state index contributed by atoms with van der Waals surface area (Å²) in [5.41, 5.74) is -0.254. The molecule has 1 aliphatic carbocycles. The molecule has 0 bridgehead atoms. The van der Waals surface area contributed by atoms with Gasteiger partial charge in [-0.2, -0.15) is 0 Å². The zero-order valence-electron chi connectivity index (χ0n) is 16.6. The van der Waals surface area contributed by atoms with Crippen molar-refractivity contribution < 1.29 is 14.7 Å². The lowest BCUT2D eigenvalue weighted by Gasteiger charge is -2.51. The molecule has 1 saturated carbocycles. The van der Waals surface area contributed by atoms with Gasteiger partial charge in [0.15, 0.2) is 0 Å². The van der Waals surface area contributed by atoms with E-state index in [9.17, 15) is 14.7 Å². The molecule has 3 aliphatic heterocycles. The van der Waals surface area contributed by atoms with E-state index in [-0.39, 0.29) is 23.3 Å². The number of hydrogen-bond acceptors (Lipinski definition) is 4. The summed E-state index contributed by atoms with van der Waals surface area (Å²) < 4.78 is 0. The van der Waals surface area contributed by atoms with Crippen LogP contribution in [0.1, 0.15) is 57.8 Å². The molecule has 152 valence electrons. The predicted molar refractivity (Wildman–Crippen MR) is 103 cm³/mol. The fraction of sp³-hybridized carbons (Fsp3) is 0.905. The van der Waals surface area contributed by atoms with Crippen LogP contribution in [-0.2, 0) is 9.59 Å². The number of rotatable bonds is 3. The number of amides is 2. The van der Waals surface area contributed by atoms with E-state index in [1.54, 1.807) is 0 Å². The highest BCUT2D eigenvalue weighted by Gasteiger charge is 2.47. The van der Waals surface area contributed by atoms with Crippen molar-refractivity contribution in [2.45, 2.75) is 63.9 Å². The molecule has 6 heteroatoms. The second-order valence-corrected chi connectivity index (χ2v) is 9.31. The zero-order valence-corrected chi connectivity index (χ0v) is 16.6. The molecule has 1 spiro atoms. The fourth-order valence-electron chi connectivity index (χ4n) is 5.81. The standard InChI is InChI=1S/C21H35N3O3/c25-18-8-13-22(14-19(26)23-10-3-4-11-23)15-21(18)9-5-12-24(16-21)20(27)17-6-1-2-7-17/h17-18,25H,1-16H2/t18-,21-/m1/s1. The Morgan fingerprint density at radius 3 is 2.30 bits per heavy atom. The Labute approximate surface area is 162 Å². The smallest absolute Gasteiger partial charge is 0.236 e. The minimum Gasteiger partial charge on any atom is -0.392 e. The lowest BCUT2D eigenvalue weighted by Crippen LogP contribution is -2.61. The first-order valence-electron chi connectivity index (χ1n) is 11.0. The average molecular weight is 378 g/mol. The number of likely N-dealkylation sites (tertiary alicyclic amines) is 3. The summed E-state index contributed by atoms with van der Waals surface area (Å²) in [5, 5.41) is 10.9. The summed E-state index contributed by atoms with van der Waals surface area (Å²) in [4.78, 5) is 31.8. The minimum atomic E-state index is -0.366. The number of aliphatic hydroxyl groups excluding tert-OH is 1. The van der Waals surface area contributed by atoms with Crippen LogP contribution in [0, 0.1) is 11.3 Å². The minimum absolute atomic E-state index is 0.203. The van der Waals surface area contributed by atoms with Gasteiger partial charge in [0.2, 0.25) is 11.8 Å². The van der Waals surface area contributed by atoms with Gasteiger partial charge in [-0.05, 0) is 44.9 Å². The first kappa shape index (κ1) is 19.2. The topological polar surface area (TPSA) is 64.1 Å². The van der Waals surface area contributed by atoms with Crippen LogP contribution in [0.15, 0.2) is 0 Å². The van der Waals surface area contributed by atoms with Crippen LogP contribution in [0.3, 0.4) is 0 Å². The summed E-state index contributed by atoms with van der Waals surface area (Å²) in [6, 6.07) is 0. The van der Waals surface area contributed by atoms with Crippen LogP contribution >= 0.6 is 0 Å². The molecule has 0 radical (unpaired) electrons. The quantitative estimate of drug-likeness (QED) is 0.809. The van der Waals surface area contributed by atoms with E-state index >= 15 is 0 Å². The molecule has 27 heavy (non-hydrogen) atoms. The van der Waals surface area contributed by atoms with Crippen molar-refractivity contribution in [2.24, 2.45) is 11.3 Å². The Bertz CT molecular complexity index is 557. The second kappa shape index (κ2) is 8.08. The first-order chi connectivity index (χ1) is 13.1. The van der Waals surface area contributed by atoms with Gasteiger partial charge in [-0.3, -0.25) is 14.5 Å². The van der Waals surface area contributed by atoms with Gasteiger partial charge in [0.1, 0.15) is 0 Å². The van der Waals surface area contributed by atoms with Crippen LogP contribution in [0.25, 0.3) is 0 Å². The van der Waals surface area contributed by atoms with E-state index in [4.69, 9.17) is 0 Å². The summed E-state index contributed by atoms with van der Waals surface area (Å²) in [6.07, 6.45) is 8.89. The fourth-order valence-corrected chi connectivity index (χ4v) is 5.81. The molecule has 2 amide bonds. The molecule has 4 fully saturated rings. The Morgan fingerprint density at radius 2 is 1.56 bits per heavy atom. The van der Waals surface area contributed by atoms with Crippen LogP contribution in [0.2, 0.25) is 0 Å². The molecular weight excluding hydrogens is 342 g/mol. The van der Waals surface area contributed by atoms with Crippen molar-refractivity contribution in [1.82, 2.24) is 14.7 Å². The van der Waals surface area contributed by atoms with Crippen molar-refractivity contribution in [2.75, 3.05) is 45.8 Å². The average Bonchev–Trinajstić information content (AvgIpc) is 3.38. The highest BCUT2D eigenvalue weighted by molar-refractivity contribution is 5.79. The van der Waals surface area contributed by atoms with Gasteiger partial charge in [-0.15, -0.1) is 0 Å². The van der Waals surface area contributed by atoms with Gasteiger partial charge in [0, 0.05) is 50.6 Å². The van der Waals surface area contributed by atoms with E-state index in [2.05, 4.69) is 4.90 Å². The van der Waals surface area contributed by atoms with Crippen molar-refractivity contribution in [1.29, 1.82) is 0 Å². The van der Waals surface area contributed by atoms with Gasteiger partial charge >= 0.3 is 0 Å². The molecule has 2 atom stereocenters. The number of hydrogen-bond donors (Lipinski definition) is 1. The summed E-state index contributed by atoms with van der Waals surface area (Å²) in [6.45, 7) is 5.26. The number of aliphatic hydroxyl groups is 1. The van der Waals surface area contributed by atoms with E-state index in [0.29, 0.717) is 25.4 Å². The summed E-state index contributed by atoms with van der Waals surface area (Å²) in [5.74, 6) is 0.742. The third-order valence-electron chi connectivity index (χ3n) is 7.41. The monoisotopic (exact) mass is 377 g/mol. The SMILES string of the molecule is O=C(CN1CC[C@@H](O)[C@]2(CCCN(C(=O)C3CCCC3)C2)C1)N1CCCC1. The highest BCUT2D eigenvalue weighted by atomic mass is 16.3. The highest BCUT2D eigenvalue weighted by Crippen LogP contribution is 2.40. The maximum Gasteiger partial charge on any atom is 0.236 e. The Kier molecular flexibility index (Phi) is 5.74. The zero-order chi connectivity index (χ0) is 18.9. The van der Waals surface area contributed by atoms with Gasteiger partial charge in [0.05, 0.1) is 12.6 Å². The lowest BCUT2D eigenvalue weighted by molar-refractivity contribution is -0.147. The molecule has 0 unspecified atom stereocenters. The van der Waals surface area contributed by atoms with Crippen LogP contribution in [-0.4, -0.2) is 83.5 Å². The number of carbonyl (C=O) groups is 2. The van der Waals surface area contributed by atoms with Gasteiger partial charge < -0.3 is 14.9 Å². The maximum absolute atomic E-state index is 12.9. The van der Waals surface area contributed by atoms with E-state index < -0.39 is 0 Å². The first-order valence-corrected chi connectivity index (χ1v) is 11.0. The normalized spacial score (nSPS) is 33.1. The summed E-state index contributed by atoms with van der Waals surface area (Å²) in [7, 11) is 0. The van der Waals surface area contributed by atoms with E-state index in [0.717, 1.165) is 71.2 Å². The van der Waals surface area contributed by atoms with Gasteiger partial charge in [0.25, 0.3) is 0 Å². The lowest BCUT2D eigenvalue weighted by atomic mass is 9.71. The molecule has 3 saturated heterocycles. The molecule has 0 aromatic carbocycles. The van der Waals surface area contributed by atoms with Crippen molar-refractivity contribution in [3.8, 4) is 0 Å². The molecule has 4 aliphatic rings. The van der Waals surface area contributed by atoms with Crippen LogP contribution in [0.5, 0.6) is 0 Å². The summed E-state index contributed by atoms with van der Waals surface area (Å²) >= 11 is 0. The third kappa shape index (κ3) is 4.02. The largest absolute Gasteiger partial charge is 0.392 e. The molecule has 0 aromatic heterocycles. The van der Waals surface area contributed by atoms with Gasteiger partial charge in [-0.25, -0.2) is 0 Å². The molecule has 3 heterocycles.